The van der Waals surface area contributed by atoms with Crippen LogP contribution in [0.15, 0.2) is 29.2 Å². The molecule has 2 rings (SSSR count). The Labute approximate surface area is 167 Å². The summed E-state index contributed by atoms with van der Waals surface area (Å²) in [6, 6.07) is 2.32. The molecule has 0 aliphatic carbocycles. The van der Waals surface area contributed by atoms with Gasteiger partial charge in [-0.25, -0.2) is 13.2 Å². The number of nitrogens with one attached hydrogen (secondary N) is 2. The maximum Gasteiger partial charge on any atom is 0.416 e. The van der Waals surface area contributed by atoms with Gasteiger partial charge >= 0.3 is 12.2 Å². The van der Waals surface area contributed by atoms with Gasteiger partial charge in [0.2, 0.25) is 15.9 Å². The van der Waals surface area contributed by atoms with Crippen LogP contribution in [0.5, 0.6) is 0 Å². The summed E-state index contributed by atoms with van der Waals surface area (Å²) >= 11 is 0. The van der Waals surface area contributed by atoms with Crippen LogP contribution < -0.4 is 10.6 Å². The van der Waals surface area contributed by atoms with Crippen molar-refractivity contribution in [2.24, 2.45) is 0 Å². The number of rotatable bonds is 5. The number of halogens is 3. The molecular formula is C17H23F3N4O4S. The van der Waals surface area contributed by atoms with E-state index in [2.05, 4.69) is 10.6 Å². The Balaban J connectivity index is 2.03. The van der Waals surface area contributed by atoms with E-state index in [1.165, 1.54) is 0 Å². The highest BCUT2D eigenvalue weighted by Gasteiger charge is 2.35. The highest BCUT2D eigenvalue weighted by molar-refractivity contribution is 7.89. The maximum absolute atomic E-state index is 12.9. The number of alkyl halides is 3. The second-order valence-corrected chi connectivity index (χ2v) is 8.43. The van der Waals surface area contributed by atoms with Crippen LogP contribution in [-0.4, -0.2) is 68.3 Å². The molecule has 12 heteroatoms. The van der Waals surface area contributed by atoms with Crippen LogP contribution >= 0.6 is 0 Å². The summed E-state index contributed by atoms with van der Waals surface area (Å²) in [5, 5.41) is 4.63. The first-order valence-corrected chi connectivity index (χ1v) is 10.4. The minimum absolute atomic E-state index is 0.0113. The molecule has 0 saturated carbocycles. The zero-order valence-electron chi connectivity index (χ0n) is 16.0. The van der Waals surface area contributed by atoms with E-state index in [4.69, 9.17) is 0 Å². The number of imide groups is 1. The molecule has 1 aromatic carbocycles. The molecule has 2 N–H and O–H groups in total. The largest absolute Gasteiger partial charge is 0.416 e. The SMILES string of the molecule is CCNC(=O)NC(=O)C(C)N1CCN(S(=O)(=O)c2cccc(C(F)(F)F)c2)CC1. The first-order chi connectivity index (χ1) is 13.5. The zero-order chi connectivity index (χ0) is 21.8. The molecule has 1 atom stereocenters. The Morgan fingerprint density at radius 3 is 2.34 bits per heavy atom. The summed E-state index contributed by atoms with van der Waals surface area (Å²) in [5.74, 6) is -0.523. The lowest BCUT2D eigenvalue weighted by molar-refractivity contribution is -0.137. The van der Waals surface area contributed by atoms with Gasteiger partial charge < -0.3 is 5.32 Å². The molecule has 0 spiro atoms. The van der Waals surface area contributed by atoms with E-state index in [0.717, 1.165) is 22.5 Å². The number of carbonyl (C=O) groups excluding carboxylic acids is 2. The van der Waals surface area contributed by atoms with E-state index in [0.29, 0.717) is 12.6 Å². The molecule has 1 heterocycles. The lowest BCUT2D eigenvalue weighted by Gasteiger charge is -2.36. The third-order valence-electron chi connectivity index (χ3n) is 4.57. The summed E-state index contributed by atoms with van der Waals surface area (Å²) in [7, 11) is -4.10. The van der Waals surface area contributed by atoms with Crippen molar-refractivity contribution in [3.63, 3.8) is 0 Å². The Bertz CT molecular complexity index is 852. The van der Waals surface area contributed by atoms with Gasteiger partial charge in [0.15, 0.2) is 0 Å². The van der Waals surface area contributed by atoms with Gasteiger partial charge in [-0.1, -0.05) is 6.07 Å². The first kappa shape index (κ1) is 23.1. The molecule has 1 fully saturated rings. The molecule has 0 aromatic heterocycles. The number of sulfonamides is 1. The quantitative estimate of drug-likeness (QED) is 0.724. The molecule has 0 radical (unpaired) electrons. The molecule has 1 aliphatic rings. The van der Waals surface area contributed by atoms with Gasteiger partial charge in [0.05, 0.1) is 16.5 Å². The number of carbonyl (C=O) groups is 2. The third kappa shape index (κ3) is 5.67. The fraction of sp³-hybridized carbons (Fsp3) is 0.529. The Morgan fingerprint density at radius 1 is 1.17 bits per heavy atom. The van der Waals surface area contributed by atoms with Crippen molar-refractivity contribution in [1.29, 1.82) is 0 Å². The standard InChI is InChI=1S/C17H23F3N4O4S/c1-3-21-16(26)22-15(25)12(2)23-7-9-24(10-8-23)29(27,28)14-6-4-5-13(11-14)17(18,19)20/h4-6,11-12H,3,7-10H2,1-2H3,(H2,21,22,25,26). The van der Waals surface area contributed by atoms with E-state index in [-0.39, 0.29) is 26.2 Å². The highest BCUT2D eigenvalue weighted by atomic mass is 32.2. The fourth-order valence-corrected chi connectivity index (χ4v) is 4.37. The van der Waals surface area contributed by atoms with E-state index in [9.17, 15) is 31.2 Å². The number of amides is 3. The molecule has 1 unspecified atom stereocenters. The third-order valence-corrected chi connectivity index (χ3v) is 6.47. The van der Waals surface area contributed by atoms with Crippen LogP contribution in [0.2, 0.25) is 0 Å². The highest BCUT2D eigenvalue weighted by Crippen LogP contribution is 2.31. The fourth-order valence-electron chi connectivity index (χ4n) is 2.90. The second-order valence-electron chi connectivity index (χ2n) is 6.49. The summed E-state index contributed by atoms with van der Waals surface area (Å²) in [6.07, 6.45) is -4.64. The summed E-state index contributed by atoms with van der Waals surface area (Å²) < 4.78 is 65.1. The van der Waals surface area contributed by atoms with Crippen molar-refractivity contribution in [3.05, 3.63) is 29.8 Å². The van der Waals surface area contributed by atoms with Crippen molar-refractivity contribution >= 4 is 22.0 Å². The van der Waals surface area contributed by atoms with Gasteiger partial charge in [-0.05, 0) is 32.0 Å². The Hall–Kier alpha value is -2.18. The van der Waals surface area contributed by atoms with Gasteiger partial charge in [-0.15, -0.1) is 0 Å². The number of nitrogens with zero attached hydrogens (tertiary/aromatic N) is 2. The normalized spacial score (nSPS) is 17.6. The number of benzene rings is 1. The molecule has 3 amide bonds. The van der Waals surface area contributed by atoms with Crippen molar-refractivity contribution < 1.29 is 31.2 Å². The van der Waals surface area contributed by atoms with Crippen molar-refractivity contribution in [2.45, 2.75) is 31.0 Å². The molecular weight excluding hydrogens is 413 g/mol. The summed E-state index contributed by atoms with van der Waals surface area (Å²) in [5.41, 5.74) is -1.03. The predicted molar refractivity (Wildman–Crippen MR) is 98.5 cm³/mol. The van der Waals surface area contributed by atoms with Gasteiger partial charge in [0.25, 0.3) is 0 Å². The summed E-state index contributed by atoms with van der Waals surface area (Å²) in [4.78, 5) is 24.8. The van der Waals surface area contributed by atoms with Crippen LogP contribution in [0.3, 0.4) is 0 Å². The van der Waals surface area contributed by atoms with E-state index in [1.807, 2.05) is 0 Å². The van der Waals surface area contributed by atoms with Crippen molar-refractivity contribution in [3.8, 4) is 0 Å². The van der Waals surface area contributed by atoms with E-state index in [1.54, 1.807) is 18.7 Å². The average Bonchev–Trinajstić information content (AvgIpc) is 2.67. The number of hydrogen-bond donors (Lipinski definition) is 2. The minimum Gasteiger partial charge on any atom is -0.338 e. The molecule has 1 saturated heterocycles. The predicted octanol–water partition coefficient (Wildman–Crippen LogP) is 1.25. The van der Waals surface area contributed by atoms with Crippen LogP contribution in [-0.2, 0) is 21.0 Å². The van der Waals surface area contributed by atoms with E-state index < -0.39 is 44.6 Å². The number of urea groups is 1. The van der Waals surface area contributed by atoms with Gasteiger partial charge in [0, 0.05) is 32.7 Å². The molecule has 0 bridgehead atoms. The Kier molecular flexibility index (Phi) is 7.25. The number of hydrogen-bond acceptors (Lipinski definition) is 5. The van der Waals surface area contributed by atoms with Crippen LogP contribution in [0.1, 0.15) is 19.4 Å². The maximum atomic E-state index is 12.9. The van der Waals surface area contributed by atoms with Crippen LogP contribution in [0, 0.1) is 0 Å². The lowest BCUT2D eigenvalue weighted by atomic mass is 10.2. The van der Waals surface area contributed by atoms with Crippen LogP contribution in [0.25, 0.3) is 0 Å². The molecule has 29 heavy (non-hydrogen) atoms. The topological polar surface area (TPSA) is 98.8 Å². The molecule has 8 nitrogen and oxygen atoms in total. The molecule has 1 aromatic rings. The molecule has 1 aliphatic heterocycles. The monoisotopic (exact) mass is 436 g/mol. The van der Waals surface area contributed by atoms with Gasteiger partial charge in [-0.3, -0.25) is 15.0 Å². The van der Waals surface area contributed by atoms with Gasteiger partial charge in [0.1, 0.15) is 0 Å². The van der Waals surface area contributed by atoms with Crippen molar-refractivity contribution in [1.82, 2.24) is 19.8 Å². The lowest BCUT2D eigenvalue weighted by Crippen LogP contribution is -2.56. The van der Waals surface area contributed by atoms with Crippen LogP contribution in [0.4, 0.5) is 18.0 Å². The molecule has 162 valence electrons. The van der Waals surface area contributed by atoms with E-state index >= 15 is 0 Å². The van der Waals surface area contributed by atoms with Gasteiger partial charge in [-0.2, -0.15) is 17.5 Å². The minimum atomic E-state index is -4.64. The smallest absolute Gasteiger partial charge is 0.338 e. The first-order valence-electron chi connectivity index (χ1n) is 8.97. The average molecular weight is 436 g/mol. The number of piperazine rings is 1. The second kappa shape index (κ2) is 9.09. The summed E-state index contributed by atoms with van der Waals surface area (Å²) in [6.45, 7) is 4.07. The van der Waals surface area contributed by atoms with Crippen molar-refractivity contribution in [2.75, 3.05) is 32.7 Å². The zero-order valence-corrected chi connectivity index (χ0v) is 16.8. The Morgan fingerprint density at radius 2 is 1.79 bits per heavy atom.